The van der Waals surface area contributed by atoms with E-state index in [0.717, 1.165) is 10.2 Å². The summed E-state index contributed by atoms with van der Waals surface area (Å²) in [6.45, 7) is 21.5. The van der Waals surface area contributed by atoms with Crippen LogP contribution in [0.5, 0.6) is 0 Å². The van der Waals surface area contributed by atoms with Crippen molar-refractivity contribution in [2.24, 2.45) is 10.8 Å². The van der Waals surface area contributed by atoms with E-state index in [2.05, 4.69) is 73.9 Å². The van der Waals surface area contributed by atoms with Crippen LogP contribution < -0.4 is 0 Å². The fourth-order valence-corrected chi connectivity index (χ4v) is 6.30. The number of rotatable bonds is 9. The van der Waals surface area contributed by atoms with Crippen LogP contribution in [0.25, 0.3) is 0 Å². The Labute approximate surface area is 182 Å². The Morgan fingerprint density at radius 3 is 1.32 bits per heavy atom. The summed E-state index contributed by atoms with van der Waals surface area (Å²) < 4.78 is 15.4. The first-order valence-electron chi connectivity index (χ1n) is 9.92. The van der Waals surface area contributed by atoms with E-state index in [0.29, 0.717) is 11.5 Å². The van der Waals surface area contributed by atoms with Gasteiger partial charge >= 0.3 is 18.8 Å². The van der Waals surface area contributed by atoms with E-state index >= 15 is 0 Å². The van der Waals surface area contributed by atoms with Gasteiger partial charge in [-0.15, -0.1) is 13.1 Å². The molecule has 0 aromatic rings. The van der Waals surface area contributed by atoms with Gasteiger partial charge in [-0.05, 0) is 92.8 Å². The van der Waals surface area contributed by atoms with Gasteiger partial charge in [-0.2, -0.15) is 0 Å². The summed E-state index contributed by atoms with van der Waals surface area (Å²) in [5.74, 6) is 1.18. The van der Waals surface area contributed by atoms with Gasteiger partial charge in [-0.3, -0.25) is 0 Å². The molecule has 0 saturated heterocycles. The summed E-state index contributed by atoms with van der Waals surface area (Å²) in [5.41, 5.74) is -0.354. The molecule has 0 aliphatic rings. The molecule has 0 amide bonds. The average molecular weight is 456 g/mol. The van der Waals surface area contributed by atoms with Gasteiger partial charge in [0.25, 0.3) is 0 Å². The van der Waals surface area contributed by atoms with Crippen LogP contribution in [-0.2, 0) is 8.42 Å². The molecular formula is C20H42NO4PS2+2. The minimum absolute atomic E-state index is 0.107. The summed E-state index contributed by atoms with van der Waals surface area (Å²) in [6, 6.07) is 0.499. The van der Waals surface area contributed by atoms with E-state index in [9.17, 15) is 10.2 Å². The van der Waals surface area contributed by atoms with E-state index in [1.165, 1.54) is 0 Å². The Hall–Kier alpha value is 0.350. The molecule has 0 radical (unpaired) electrons. The van der Waals surface area contributed by atoms with Crippen LogP contribution in [0.3, 0.4) is 0 Å². The molecular weight excluding hydrogens is 413 g/mol. The van der Waals surface area contributed by atoms with Gasteiger partial charge in [0.1, 0.15) is 0 Å². The third-order valence-corrected chi connectivity index (χ3v) is 8.36. The zero-order chi connectivity index (χ0) is 22.1. The number of nitrogens with zero attached hydrogens (tertiary/aromatic N) is 1. The molecule has 0 atom stereocenters. The highest BCUT2D eigenvalue weighted by Crippen LogP contribution is 2.44. The zero-order valence-electron chi connectivity index (χ0n) is 19.4. The van der Waals surface area contributed by atoms with Gasteiger partial charge < -0.3 is 10.2 Å². The number of hydrogen-bond donors (Lipinski definition) is 2. The van der Waals surface area contributed by atoms with Crippen molar-refractivity contribution in [3.63, 3.8) is 0 Å². The van der Waals surface area contributed by atoms with Gasteiger partial charge in [-0.25, -0.2) is 0 Å². The van der Waals surface area contributed by atoms with Crippen LogP contribution in [0, 0.1) is 10.8 Å². The van der Waals surface area contributed by atoms with Gasteiger partial charge in [-0.1, -0.05) is 0 Å². The van der Waals surface area contributed by atoms with Crippen LogP contribution in [0.15, 0.2) is 0 Å². The molecule has 0 aliphatic heterocycles. The molecule has 0 bridgehead atoms. The number of aliphatic hydroxyl groups excluding tert-OH is 2. The first-order chi connectivity index (χ1) is 12.8. The lowest BCUT2D eigenvalue weighted by molar-refractivity contribution is -0.406. The van der Waals surface area contributed by atoms with Crippen molar-refractivity contribution < 1.29 is 18.6 Å². The van der Waals surface area contributed by atoms with Gasteiger partial charge in [0.2, 0.25) is 0 Å². The lowest BCUT2D eigenvalue weighted by atomic mass is 9.99. The van der Waals surface area contributed by atoms with Crippen molar-refractivity contribution >= 4 is 42.3 Å². The Bertz CT molecular complexity index is 467. The molecule has 0 rings (SSSR count). The van der Waals surface area contributed by atoms with Crippen LogP contribution in [0.2, 0.25) is 0 Å². The molecule has 0 aromatic heterocycles. The molecule has 0 aliphatic carbocycles. The second kappa shape index (κ2) is 12.9. The highest BCUT2D eigenvalue weighted by molar-refractivity contribution is 8.14. The standard InChI is InChI=1S/C20H42NO4PS2/c1-15(2)21(16(3)4)26(24-17(19(5,6)7)27-13-11-22)25-18(20(8,9)10)28-14-12-23/h15-16,22-23H,11-14H2,1-10H3/q+2. The van der Waals surface area contributed by atoms with Crippen LogP contribution in [0.4, 0.5) is 0 Å². The van der Waals surface area contributed by atoms with Crippen molar-refractivity contribution in [1.82, 2.24) is 4.67 Å². The Kier molecular flexibility index (Phi) is 13.1. The summed E-state index contributed by atoms with van der Waals surface area (Å²) in [4.78, 5) is 0. The molecule has 8 heteroatoms. The second-order valence-corrected chi connectivity index (χ2v) is 12.6. The fourth-order valence-electron chi connectivity index (χ4n) is 2.26. The maximum atomic E-state index is 9.29. The van der Waals surface area contributed by atoms with E-state index in [4.69, 9.17) is 8.42 Å². The van der Waals surface area contributed by atoms with Crippen LogP contribution >= 0.6 is 32.0 Å². The van der Waals surface area contributed by atoms with E-state index in [1.807, 2.05) is 0 Å². The molecule has 166 valence electrons. The maximum Gasteiger partial charge on any atom is 0.934 e. The molecule has 0 fully saturated rings. The molecule has 0 saturated carbocycles. The minimum atomic E-state index is -1.39. The highest BCUT2D eigenvalue weighted by atomic mass is 32.2. The fraction of sp³-hybridized carbons (Fsp3) is 0.900. The van der Waals surface area contributed by atoms with E-state index in [1.54, 1.807) is 23.5 Å². The third-order valence-electron chi connectivity index (χ3n) is 3.44. The monoisotopic (exact) mass is 455 g/mol. The first kappa shape index (κ1) is 28.4. The normalized spacial score (nSPS) is 15.8. The molecule has 0 aromatic carbocycles. The van der Waals surface area contributed by atoms with Crippen LogP contribution in [-0.4, -0.2) is 61.9 Å². The molecule has 0 spiro atoms. The molecule has 0 unspecified atom stereocenters. The van der Waals surface area contributed by atoms with Crippen molar-refractivity contribution in [3.8, 4) is 0 Å². The topological polar surface area (TPSA) is 66.3 Å². The Balaban J connectivity index is 6.38. The summed E-state index contributed by atoms with van der Waals surface area (Å²) in [7, 11) is -1.39. The van der Waals surface area contributed by atoms with Gasteiger partial charge in [0.15, 0.2) is 0 Å². The zero-order valence-corrected chi connectivity index (χ0v) is 21.9. The maximum absolute atomic E-state index is 9.29. The molecule has 0 heterocycles. The third kappa shape index (κ3) is 10.4. The number of aliphatic hydroxyl groups is 2. The molecule has 2 N–H and O–H groups in total. The molecule has 28 heavy (non-hydrogen) atoms. The molecule has 5 nitrogen and oxygen atoms in total. The van der Waals surface area contributed by atoms with Gasteiger partial charge in [0, 0.05) is 23.6 Å². The predicted octanol–water partition coefficient (Wildman–Crippen LogP) is 5.00. The van der Waals surface area contributed by atoms with E-state index < -0.39 is 8.53 Å². The number of hydrogen-bond acceptors (Lipinski definition) is 5. The largest absolute Gasteiger partial charge is 0.934 e. The quantitative estimate of drug-likeness (QED) is 0.378. The number of thioether (sulfide) groups is 2. The summed E-state index contributed by atoms with van der Waals surface area (Å²) in [5, 5.41) is 20.3. The lowest BCUT2D eigenvalue weighted by Crippen LogP contribution is -2.34. The average Bonchev–Trinajstić information content (AvgIpc) is 2.51. The summed E-state index contributed by atoms with van der Waals surface area (Å²) in [6.07, 6.45) is 0. The van der Waals surface area contributed by atoms with Gasteiger partial charge in [0.05, 0.1) is 24.0 Å². The smallest absolute Gasteiger partial charge is 0.396 e. The number of carbonyl (C=O) groups excluding carboxylic acids is 2. The van der Waals surface area contributed by atoms with Crippen molar-refractivity contribution in [1.29, 1.82) is 0 Å². The van der Waals surface area contributed by atoms with E-state index in [-0.39, 0.29) is 36.1 Å². The summed E-state index contributed by atoms with van der Waals surface area (Å²) >= 11 is 3.10. The first-order valence-corrected chi connectivity index (χ1v) is 13.0. The highest BCUT2D eigenvalue weighted by Gasteiger charge is 2.55. The Morgan fingerprint density at radius 2 is 1.11 bits per heavy atom. The lowest BCUT2D eigenvalue weighted by Gasteiger charge is -2.20. The van der Waals surface area contributed by atoms with Crippen molar-refractivity contribution in [2.75, 3.05) is 24.7 Å². The predicted molar refractivity (Wildman–Crippen MR) is 127 cm³/mol. The van der Waals surface area contributed by atoms with Crippen molar-refractivity contribution in [2.45, 2.75) is 81.3 Å². The van der Waals surface area contributed by atoms with Crippen LogP contribution in [0.1, 0.15) is 69.2 Å². The minimum Gasteiger partial charge on any atom is -0.396 e. The SMILES string of the molecule is CC(C)N(C(C)C)P([O+]=C(SCCO)C(C)(C)C)[O+]=C(SCCO)C(C)(C)C. The second-order valence-electron chi connectivity index (χ2n) is 9.21. The Morgan fingerprint density at radius 1 is 0.786 bits per heavy atom. The van der Waals surface area contributed by atoms with Crippen molar-refractivity contribution in [3.05, 3.63) is 0 Å².